The van der Waals surface area contributed by atoms with Gasteiger partial charge in [0.1, 0.15) is 0 Å². The second kappa shape index (κ2) is 8.48. The molecule has 2 rings (SSSR count). The van der Waals surface area contributed by atoms with E-state index in [4.69, 9.17) is 9.47 Å². The summed E-state index contributed by atoms with van der Waals surface area (Å²) in [5, 5.41) is 4.49. The number of alkyl halides is 2. The summed E-state index contributed by atoms with van der Waals surface area (Å²) >= 11 is 6.72. The molecule has 0 saturated heterocycles. The van der Waals surface area contributed by atoms with Gasteiger partial charge in [0.2, 0.25) is 6.79 Å². The molecule has 116 valence electrons. The second-order valence-electron chi connectivity index (χ2n) is 4.53. The molecule has 0 radical (unpaired) electrons. The van der Waals surface area contributed by atoms with Crippen molar-refractivity contribution >= 4 is 37.9 Å². The number of amides is 2. The maximum Gasteiger partial charge on any atom is 0.317 e. The number of benzene rings is 1. The zero-order valence-corrected chi connectivity index (χ0v) is 14.8. The fourth-order valence-corrected chi connectivity index (χ4v) is 2.90. The number of nitrogens with one attached hydrogen (secondary N) is 1. The van der Waals surface area contributed by atoms with Crippen molar-refractivity contribution in [3.05, 3.63) is 23.8 Å². The van der Waals surface area contributed by atoms with Gasteiger partial charge in [0.15, 0.2) is 11.5 Å². The van der Waals surface area contributed by atoms with Crippen molar-refractivity contribution in [3.63, 3.8) is 0 Å². The molecule has 21 heavy (non-hydrogen) atoms. The van der Waals surface area contributed by atoms with Crippen molar-refractivity contribution in [3.8, 4) is 11.5 Å². The summed E-state index contributed by atoms with van der Waals surface area (Å²) in [5.41, 5.74) is 1.12. The second-order valence-corrected chi connectivity index (χ2v) is 6.12. The van der Waals surface area contributed by atoms with Crippen LogP contribution in [0, 0.1) is 0 Å². The van der Waals surface area contributed by atoms with Crippen molar-refractivity contribution < 1.29 is 14.3 Å². The normalized spacial score (nSPS) is 12.3. The minimum absolute atomic E-state index is 0.0327. The number of hydrogen-bond donors (Lipinski definition) is 1. The zero-order valence-electron chi connectivity index (χ0n) is 11.6. The third kappa shape index (κ3) is 4.78. The van der Waals surface area contributed by atoms with Crippen molar-refractivity contribution in [1.29, 1.82) is 0 Å². The lowest BCUT2D eigenvalue weighted by Gasteiger charge is -2.21. The Balaban J connectivity index is 1.79. The fourth-order valence-electron chi connectivity index (χ4n) is 2.04. The van der Waals surface area contributed by atoms with E-state index >= 15 is 0 Å². The number of urea groups is 1. The quantitative estimate of drug-likeness (QED) is 0.688. The Hall–Kier alpha value is -0.950. The van der Waals surface area contributed by atoms with E-state index in [2.05, 4.69) is 37.2 Å². The molecule has 0 spiro atoms. The molecule has 1 aliphatic rings. The van der Waals surface area contributed by atoms with Gasteiger partial charge >= 0.3 is 6.03 Å². The first-order valence-electron chi connectivity index (χ1n) is 6.78. The first-order valence-corrected chi connectivity index (χ1v) is 9.02. The fraction of sp³-hybridized carbons (Fsp3) is 0.500. The molecular weight excluding hydrogens is 404 g/mol. The molecule has 2 amide bonds. The summed E-state index contributed by atoms with van der Waals surface area (Å²) < 4.78 is 10.6. The van der Waals surface area contributed by atoms with Gasteiger partial charge in [0.25, 0.3) is 0 Å². The van der Waals surface area contributed by atoms with Gasteiger partial charge < -0.3 is 19.7 Å². The predicted molar refractivity (Wildman–Crippen MR) is 88.8 cm³/mol. The van der Waals surface area contributed by atoms with E-state index in [0.29, 0.717) is 19.6 Å². The van der Waals surface area contributed by atoms with Gasteiger partial charge in [-0.25, -0.2) is 4.79 Å². The summed E-state index contributed by atoms with van der Waals surface area (Å²) in [4.78, 5) is 13.8. The number of hydrogen-bond acceptors (Lipinski definition) is 3. The van der Waals surface area contributed by atoms with Crippen LogP contribution in [0.2, 0.25) is 0 Å². The van der Waals surface area contributed by atoms with Crippen LogP contribution in [-0.4, -0.2) is 48.0 Å². The number of rotatable bonds is 7. The number of halogens is 2. The molecule has 0 atom stereocenters. The smallest absolute Gasteiger partial charge is 0.317 e. The molecule has 0 unspecified atom stereocenters. The predicted octanol–water partition coefficient (Wildman–Crippen LogP) is 2.76. The maximum atomic E-state index is 12.0. The molecule has 0 bridgehead atoms. The summed E-state index contributed by atoms with van der Waals surface area (Å²) in [6, 6.07) is 5.83. The summed E-state index contributed by atoms with van der Waals surface area (Å²) in [6.07, 6.45) is 0.763. The highest BCUT2D eigenvalue weighted by atomic mass is 79.9. The molecule has 1 aliphatic heterocycles. The third-order valence-electron chi connectivity index (χ3n) is 3.12. The first-order chi connectivity index (χ1) is 10.2. The minimum Gasteiger partial charge on any atom is -0.454 e. The first kappa shape index (κ1) is 16.4. The van der Waals surface area contributed by atoms with Crippen LogP contribution >= 0.6 is 31.9 Å². The molecule has 1 N–H and O–H groups in total. The molecule has 0 fully saturated rings. The largest absolute Gasteiger partial charge is 0.454 e. The number of nitrogens with zero attached hydrogens (tertiary/aromatic N) is 1. The Bertz CT molecular complexity index is 479. The van der Waals surface area contributed by atoms with Crippen LogP contribution in [0.15, 0.2) is 18.2 Å². The molecule has 5 nitrogen and oxygen atoms in total. The average Bonchev–Trinajstić information content (AvgIpc) is 2.94. The van der Waals surface area contributed by atoms with E-state index in [0.717, 1.165) is 34.1 Å². The van der Waals surface area contributed by atoms with Crippen LogP contribution in [0.3, 0.4) is 0 Å². The number of fused-ring (bicyclic) bond motifs is 1. The maximum absolute atomic E-state index is 12.0. The van der Waals surface area contributed by atoms with Gasteiger partial charge in [0, 0.05) is 30.3 Å². The highest BCUT2D eigenvalue weighted by molar-refractivity contribution is 9.09. The lowest BCUT2D eigenvalue weighted by Crippen LogP contribution is -2.42. The van der Waals surface area contributed by atoms with Crippen molar-refractivity contribution in [1.82, 2.24) is 10.2 Å². The topological polar surface area (TPSA) is 50.8 Å². The molecular formula is C14H18Br2N2O3. The van der Waals surface area contributed by atoms with Gasteiger partial charge in [-0.3, -0.25) is 0 Å². The summed E-state index contributed by atoms with van der Waals surface area (Å²) in [6.45, 7) is 2.27. The van der Waals surface area contributed by atoms with Crippen LogP contribution in [-0.2, 0) is 6.42 Å². The lowest BCUT2D eigenvalue weighted by atomic mass is 10.1. The summed E-state index contributed by atoms with van der Waals surface area (Å²) in [5.74, 6) is 1.56. The molecule has 7 heteroatoms. The van der Waals surface area contributed by atoms with Gasteiger partial charge in [-0.2, -0.15) is 0 Å². The highest BCUT2D eigenvalue weighted by Crippen LogP contribution is 2.32. The molecule has 1 heterocycles. The molecule has 1 aromatic rings. The van der Waals surface area contributed by atoms with Crippen LogP contribution < -0.4 is 14.8 Å². The number of ether oxygens (including phenoxy) is 2. The van der Waals surface area contributed by atoms with Gasteiger partial charge in [-0.15, -0.1) is 0 Å². The Morgan fingerprint density at radius 2 is 1.90 bits per heavy atom. The van der Waals surface area contributed by atoms with E-state index in [9.17, 15) is 4.79 Å². The van der Waals surface area contributed by atoms with E-state index in [1.807, 2.05) is 18.2 Å². The monoisotopic (exact) mass is 420 g/mol. The summed E-state index contributed by atoms with van der Waals surface area (Å²) in [7, 11) is 0. The van der Waals surface area contributed by atoms with Gasteiger partial charge in [-0.1, -0.05) is 37.9 Å². The average molecular weight is 422 g/mol. The SMILES string of the molecule is O=C(NCCc1ccc2c(c1)OCO2)N(CCBr)CCBr. The van der Waals surface area contributed by atoms with Crippen molar-refractivity contribution in [2.24, 2.45) is 0 Å². The van der Waals surface area contributed by atoms with Crippen LogP contribution in [0.5, 0.6) is 11.5 Å². The lowest BCUT2D eigenvalue weighted by molar-refractivity contribution is 0.174. The Morgan fingerprint density at radius 3 is 2.62 bits per heavy atom. The highest BCUT2D eigenvalue weighted by Gasteiger charge is 2.14. The van der Waals surface area contributed by atoms with E-state index in [1.165, 1.54) is 0 Å². The van der Waals surface area contributed by atoms with Crippen LogP contribution in [0.25, 0.3) is 0 Å². The van der Waals surface area contributed by atoms with Crippen molar-refractivity contribution in [2.75, 3.05) is 37.1 Å². The Morgan fingerprint density at radius 1 is 1.19 bits per heavy atom. The van der Waals surface area contributed by atoms with E-state index in [1.54, 1.807) is 4.90 Å². The molecule has 0 saturated carbocycles. The molecule has 1 aromatic carbocycles. The van der Waals surface area contributed by atoms with Crippen LogP contribution in [0.1, 0.15) is 5.56 Å². The minimum atomic E-state index is -0.0327. The van der Waals surface area contributed by atoms with Crippen LogP contribution in [0.4, 0.5) is 4.79 Å². The molecule has 0 aromatic heterocycles. The van der Waals surface area contributed by atoms with E-state index in [-0.39, 0.29) is 12.8 Å². The Kier molecular flexibility index (Phi) is 6.63. The molecule has 0 aliphatic carbocycles. The van der Waals surface area contributed by atoms with Gasteiger partial charge in [0.05, 0.1) is 0 Å². The number of carbonyl (C=O) groups is 1. The third-order valence-corrected chi connectivity index (χ3v) is 3.83. The van der Waals surface area contributed by atoms with Gasteiger partial charge in [-0.05, 0) is 24.1 Å². The standard InChI is InChI=1S/C14H18Br2N2O3/c15-4-7-18(8-5-16)14(19)17-6-3-11-1-2-12-13(9-11)21-10-20-12/h1-2,9H,3-8,10H2,(H,17,19). The Labute approximate surface area is 141 Å². The zero-order chi connectivity index (χ0) is 15.1. The number of carbonyl (C=O) groups excluding carboxylic acids is 1. The van der Waals surface area contributed by atoms with Crippen molar-refractivity contribution in [2.45, 2.75) is 6.42 Å². The van der Waals surface area contributed by atoms with E-state index < -0.39 is 0 Å².